The van der Waals surface area contributed by atoms with Crippen LogP contribution in [0.5, 0.6) is 0 Å². The van der Waals surface area contributed by atoms with Gasteiger partial charge in [-0.3, -0.25) is 0 Å². The summed E-state index contributed by atoms with van der Waals surface area (Å²) in [6.07, 6.45) is 4.49. The van der Waals surface area contributed by atoms with Gasteiger partial charge in [0, 0.05) is 17.5 Å². The number of anilines is 1. The smallest absolute Gasteiger partial charge is 0.138 e. The number of nitrogens with zero attached hydrogens (tertiary/aromatic N) is 3. The van der Waals surface area contributed by atoms with Crippen molar-refractivity contribution < 1.29 is 0 Å². The number of rotatable bonds is 3. The maximum Gasteiger partial charge on any atom is 0.138 e. The molecule has 0 radical (unpaired) electrons. The molecule has 1 aliphatic heterocycles. The van der Waals surface area contributed by atoms with E-state index in [-0.39, 0.29) is 0 Å². The third-order valence-electron chi connectivity index (χ3n) is 3.53. The Labute approximate surface area is 124 Å². The van der Waals surface area contributed by atoms with E-state index in [2.05, 4.69) is 53.5 Å². The summed E-state index contributed by atoms with van der Waals surface area (Å²) >= 11 is 2.05. The Kier molecular flexibility index (Phi) is 3.70. The highest BCUT2D eigenvalue weighted by molar-refractivity contribution is 7.99. The van der Waals surface area contributed by atoms with E-state index < -0.39 is 0 Å². The fraction of sp³-hybridized carbons (Fsp3) is 0.467. The van der Waals surface area contributed by atoms with Crippen molar-refractivity contribution in [3.8, 4) is 5.69 Å². The highest BCUT2D eigenvalue weighted by Gasteiger charge is 2.28. The van der Waals surface area contributed by atoms with Gasteiger partial charge >= 0.3 is 0 Å². The van der Waals surface area contributed by atoms with Crippen LogP contribution in [-0.4, -0.2) is 32.3 Å². The second-order valence-electron chi connectivity index (χ2n) is 6.11. The van der Waals surface area contributed by atoms with E-state index in [1.54, 1.807) is 17.3 Å². The zero-order valence-corrected chi connectivity index (χ0v) is 12.7. The lowest BCUT2D eigenvalue weighted by molar-refractivity contribution is 0.358. The topological polar surface area (TPSA) is 42.7 Å². The van der Waals surface area contributed by atoms with Crippen molar-refractivity contribution in [1.29, 1.82) is 0 Å². The lowest BCUT2D eigenvalue weighted by Crippen LogP contribution is -2.35. The van der Waals surface area contributed by atoms with Crippen LogP contribution in [0.4, 0.5) is 5.69 Å². The fourth-order valence-electron chi connectivity index (χ4n) is 2.64. The fourth-order valence-corrected chi connectivity index (χ4v) is 3.92. The van der Waals surface area contributed by atoms with E-state index in [1.165, 1.54) is 23.6 Å². The van der Waals surface area contributed by atoms with Crippen LogP contribution in [0.2, 0.25) is 0 Å². The minimum absolute atomic E-state index is 0.432. The number of hydrogen-bond acceptors (Lipinski definition) is 4. The van der Waals surface area contributed by atoms with Gasteiger partial charge in [-0.2, -0.15) is 16.9 Å². The van der Waals surface area contributed by atoms with Crippen molar-refractivity contribution in [3.63, 3.8) is 0 Å². The minimum atomic E-state index is 0.432. The molecule has 2 heterocycles. The van der Waals surface area contributed by atoms with Crippen LogP contribution in [0.25, 0.3) is 5.69 Å². The van der Waals surface area contributed by atoms with Gasteiger partial charge in [-0.05, 0) is 41.9 Å². The molecule has 106 valence electrons. The van der Waals surface area contributed by atoms with E-state index >= 15 is 0 Å². The molecule has 0 spiro atoms. The summed E-state index contributed by atoms with van der Waals surface area (Å²) < 4.78 is 1.77. The molecule has 1 aromatic carbocycles. The molecule has 1 unspecified atom stereocenters. The first kappa shape index (κ1) is 13.5. The van der Waals surface area contributed by atoms with Gasteiger partial charge in [0.15, 0.2) is 0 Å². The van der Waals surface area contributed by atoms with Crippen LogP contribution in [0.3, 0.4) is 0 Å². The van der Waals surface area contributed by atoms with E-state index in [0.29, 0.717) is 11.5 Å². The molecular weight excluding hydrogens is 268 g/mol. The Balaban J connectivity index is 1.66. The summed E-state index contributed by atoms with van der Waals surface area (Å²) in [5, 5.41) is 7.78. The SMILES string of the molecule is CC1(C)CSCC(Nc2ccc(-n3cncn3)cc2)C1. The lowest BCUT2D eigenvalue weighted by atomic mass is 9.88. The van der Waals surface area contributed by atoms with Crippen molar-refractivity contribution in [2.24, 2.45) is 5.41 Å². The molecule has 5 heteroatoms. The lowest BCUT2D eigenvalue weighted by Gasteiger charge is -2.35. The van der Waals surface area contributed by atoms with Gasteiger partial charge < -0.3 is 5.32 Å². The first-order valence-electron chi connectivity index (χ1n) is 6.92. The Hall–Kier alpha value is -1.49. The van der Waals surface area contributed by atoms with Crippen LogP contribution in [-0.2, 0) is 0 Å². The molecular formula is C15H20N4S. The standard InChI is InChI=1S/C15H20N4S/c1-15(2)7-13(8-20-9-15)18-12-3-5-14(6-4-12)19-11-16-10-17-19/h3-6,10-11,13,18H,7-9H2,1-2H3. The maximum atomic E-state index is 4.13. The van der Waals surface area contributed by atoms with Crippen molar-refractivity contribution in [2.75, 3.05) is 16.8 Å². The molecule has 1 aromatic heterocycles. The third-order valence-corrected chi connectivity index (χ3v) is 5.16. The summed E-state index contributed by atoms with van der Waals surface area (Å²) in [5.41, 5.74) is 2.64. The Morgan fingerprint density at radius 3 is 2.75 bits per heavy atom. The van der Waals surface area contributed by atoms with E-state index in [1.807, 2.05) is 11.8 Å². The zero-order valence-electron chi connectivity index (χ0n) is 11.9. The molecule has 0 bridgehead atoms. The van der Waals surface area contributed by atoms with E-state index in [4.69, 9.17) is 0 Å². The molecule has 3 rings (SSSR count). The van der Waals surface area contributed by atoms with Crippen LogP contribution < -0.4 is 5.32 Å². The number of benzene rings is 1. The van der Waals surface area contributed by atoms with Crippen LogP contribution in [0.15, 0.2) is 36.9 Å². The Morgan fingerprint density at radius 1 is 1.30 bits per heavy atom. The van der Waals surface area contributed by atoms with Gasteiger partial charge in [-0.25, -0.2) is 9.67 Å². The second kappa shape index (κ2) is 5.48. The minimum Gasteiger partial charge on any atom is -0.381 e. The Bertz CT molecular complexity index is 548. The molecule has 1 N–H and O–H groups in total. The van der Waals surface area contributed by atoms with Crippen molar-refractivity contribution >= 4 is 17.4 Å². The highest BCUT2D eigenvalue weighted by Crippen LogP contribution is 2.34. The summed E-state index contributed by atoms with van der Waals surface area (Å²) in [6.45, 7) is 4.70. The first-order valence-corrected chi connectivity index (χ1v) is 8.07. The molecule has 0 amide bonds. The highest BCUT2D eigenvalue weighted by atomic mass is 32.2. The summed E-state index contributed by atoms with van der Waals surface area (Å²) in [6, 6.07) is 8.92. The van der Waals surface area contributed by atoms with Crippen molar-refractivity contribution in [3.05, 3.63) is 36.9 Å². The van der Waals surface area contributed by atoms with Gasteiger partial charge in [-0.1, -0.05) is 13.8 Å². The average molecular weight is 288 g/mol. The first-order chi connectivity index (χ1) is 9.62. The molecule has 0 aliphatic carbocycles. The van der Waals surface area contributed by atoms with E-state index in [0.717, 1.165) is 5.69 Å². The van der Waals surface area contributed by atoms with Crippen LogP contribution in [0, 0.1) is 5.41 Å². The summed E-state index contributed by atoms with van der Waals surface area (Å²) in [5.74, 6) is 2.45. The normalized spacial score (nSPS) is 21.6. The summed E-state index contributed by atoms with van der Waals surface area (Å²) in [7, 11) is 0. The van der Waals surface area contributed by atoms with Gasteiger partial charge in [0.1, 0.15) is 12.7 Å². The van der Waals surface area contributed by atoms with E-state index in [9.17, 15) is 0 Å². The monoisotopic (exact) mass is 288 g/mol. The van der Waals surface area contributed by atoms with Crippen molar-refractivity contribution in [2.45, 2.75) is 26.3 Å². The van der Waals surface area contributed by atoms with Gasteiger partial charge in [0.2, 0.25) is 0 Å². The molecule has 1 fully saturated rings. The van der Waals surface area contributed by atoms with Crippen molar-refractivity contribution in [1.82, 2.24) is 14.8 Å². The van der Waals surface area contributed by atoms with Crippen LogP contribution in [0.1, 0.15) is 20.3 Å². The largest absolute Gasteiger partial charge is 0.381 e. The maximum absolute atomic E-state index is 4.13. The molecule has 2 aromatic rings. The number of nitrogens with one attached hydrogen (secondary N) is 1. The predicted octanol–water partition coefficient (Wildman–Crippen LogP) is 3.21. The number of thioether (sulfide) groups is 1. The van der Waals surface area contributed by atoms with Gasteiger partial charge in [-0.15, -0.1) is 0 Å². The predicted molar refractivity (Wildman–Crippen MR) is 84.5 cm³/mol. The summed E-state index contributed by atoms with van der Waals surface area (Å²) in [4.78, 5) is 3.96. The molecule has 1 aliphatic rings. The molecule has 1 saturated heterocycles. The molecule has 1 atom stereocenters. The number of aromatic nitrogens is 3. The zero-order chi connectivity index (χ0) is 14.0. The Morgan fingerprint density at radius 2 is 2.10 bits per heavy atom. The molecule has 20 heavy (non-hydrogen) atoms. The number of hydrogen-bond donors (Lipinski definition) is 1. The van der Waals surface area contributed by atoms with Crippen LogP contribution >= 0.6 is 11.8 Å². The molecule has 0 saturated carbocycles. The quantitative estimate of drug-likeness (QED) is 0.942. The van der Waals surface area contributed by atoms with Gasteiger partial charge in [0.05, 0.1) is 5.69 Å². The molecule has 4 nitrogen and oxygen atoms in total. The van der Waals surface area contributed by atoms with Gasteiger partial charge in [0.25, 0.3) is 0 Å². The second-order valence-corrected chi connectivity index (χ2v) is 7.14. The third kappa shape index (κ3) is 3.15. The average Bonchev–Trinajstić information content (AvgIpc) is 2.92.